The molecule has 0 bridgehead atoms. The molecule has 118 valence electrons. The summed E-state index contributed by atoms with van der Waals surface area (Å²) >= 11 is 11.7. The molecule has 1 saturated heterocycles. The maximum Gasteiger partial charge on any atom is 0.225 e. The van der Waals surface area contributed by atoms with E-state index < -0.39 is 5.82 Å². The summed E-state index contributed by atoms with van der Waals surface area (Å²) in [5.41, 5.74) is 0.141. The van der Waals surface area contributed by atoms with Crippen LogP contribution >= 0.6 is 23.2 Å². The molecule has 0 N–H and O–H groups in total. The van der Waals surface area contributed by atoms with Gasteiger partial charge in [0.2, 0.25) is 5.28 Å². The summed E-state index contributed by atoms with van der Waals surface area (Å²) < 4.78 is 23.6. The van der Waals surface area contributed by atoms with Gasteiger partial charge in [-0.1, -0.05) is 11.6 Å². The largest absolute Gasteiger partial charge is 0.353 e. The van der Waals surface area contributed by atoms with Crippen LogP contribution in [0.25, 0.3) is 10.9 Å². The summed E-state index contributed by atoms with van der Waals surface area (Å²) in [6.45, 7) is 0.911. The molecular formula is C14H14Cl2F2N4. The number of pyridine rings is 1. The summed E-state index contributed by atoms with van der Waals surface area (Å²) in [5, 5.41) is 0.418. The van der Waals surface area contributed by atoms with Crippen LogP contribution in [-0.4, -0.2) is 34.7 Å². The van der Waals surface area contributed by atoms with Crippen LogP contribution in [0.1, 0.15) is 19.3 Å². The smallest absolute Gasteiger partial charge is 0.225 e. The van der Waals surface area contributed by atoms with Crippen molar-refractivity contribution in [2.24, 2.45) is 5.92 Å². The average Bonchev–Trinajstić information content (AvgIpc) is 3.32. The van der Waals surface area contributed by atoms with Crippen molar-refractivity contribution in [2.75, 3.05) is 18.6 Å². The quantitative estimate of drug-likeness (QED) is 0.577. The van der Waals surface area contributed by atoms with Gasteiger partial charge in [0.15, 0.2) is 11.0 Å². The fourth-order valence-corrected chi connectivity index (χ4v) is 3.39. The number of piperidine rings is 1. The molecule has 2 fully saturated rings. The van der Waals surface area contributed by atoms with E-state index in [1.807, 2.05) is 0 Å². The number of alkyl halides is 1. The molecule has 8 heteroatoms. The molecule has 2 aliphatic rings. The number of rotatable bonds is 1. The van der Waals surface area contributed by atoms with E-state index in [0.717, 1.165) is 18.9 Å². The van der Waals surface area contributed by atoms with Gasteiger partial charge in [-0.05, 0) is 36.8 Å². The molecule has 0 amide bonds. The third-order valence-corrected chi connectivity index (χ3v) is 4.56. The normalized spacial score (nSPS) is 22.9. The maximum absolute atomic E-state index is 14.1. The molecule has 0 radical (unpaired) electrons. The predicted octanol–water partition coefficient (Wildman–Crippen LogP) is 4.05. The molecule has 1 saturated carbocycles. The maximum atomic E-state index is 14.1. The zero-order valence-corrected chi connectivity index (χ0v) is 13.4. The van der Waals surface area contributed by atoms with E-state index in [9.17, 15) is 8.78 Å². The first-order valence-electron chi connectivity index (χ1n) is 6.97. The van der Waals surface area contributed by atoms with Crippen LogP contribution in [0, 0.1) is 11.7 Å². The molecule has 2 aromatic heterocycles. The Kier molecular flexibility index (Phi) is 4.32. The standard InChI is InChI=1S/C13H11Cl2FN4.CH3F/c14-11-9(16)10-7(5-17-11)12(19-13(15)18-10)20-3-1-2-6-4-8(6)20;1-2/h5-6,8H,1-4H2;1H3. The lowest BCUT2D eigenvalue weighted by atomic mass is 10.1. The van der Waals surface area contributed by atoms with E-state index in [1.54, 1.807) is 0 Å². The van der Waals surface area contributed by atoms with Gasteiger partial charge in [-0.2, -0.15) is 4.98 Å². The molecular weight excluding hydrogens is 333 g/mol. The van der Waals surface area contributed by atoms with Gasteiger partial charge < -0.3 is 4.90 Å². The van der Waals surface area contributed by atoms with Gasteiger partial charge in [-0.25, -0.2) is 14.4 Å². The van der Waals surface area contributed by atoms with Gasteiger partial charge in [-0.3, -0.25) is 4.39 Å². The van der Waals surface area contributed by atoms with Gasteiger partial charge in [0, 0.05) is 18.8 Å². The summed E-state index contributed by atoms with van der Waals surface area (Å²) in [4.78, 5) is 14.3. The molecule has 1 aliphatic heterocycles. The number of nitrogens with zero attached hydrogens (tertiary/aromatic N) is 4. The minimum atomic E-state index is -0.640. The summed E-state index contributed by atoms with van der Waals surface area (Å²) in [5.74, 6) is 0.770. The van der Waals surface area contributed by atoms with Crippen molar-refractivity contribution >= 4 is 39.9 Å². The van der Waals surface area contributed by atoms with Crippen molar-refractivity contribution in [1.29, 1.82) is 0 Å². The summed E-state index contributed by atoms with van der Waals surface area (Å²) in [6, 6.07) is 0.497. The highest BCUT2D eigenvalue weighted by Gasteiger charge is 2.45. The van der Waals surface area contributed by atoms with Crippen LogP contribution < -0.4 is 4.90 Å². The first-order valence-corrected chi connectivity index (χ1v) is 7.72. The first kappa shape index (κ1) is 15.6. The fourth-order valence-electron chi connectivity index (χ4n) is 3.09. The Morgan fingerprint density at radius 1 is 1.27 bits per heavy atom. The van der Waals surface area contributed by atoms with Gasteiger partial charge >= 0.3 is 0 Å². The molecule has 22 heavy (non-hydrogen) atoms. The van der Waals surface area contributed by atoms with Crippen LogP contribution in [0.3, 0.4) is 0 Å². The molecule has 2 unspecified atom stereocenters. The number of hydrogen-bond acceptors (Lipinski definition) is 4. The molecule has 4 nitrogen and oxygen atoms in total. The first-order chi connectivity index (χ1) is 10.6. The second-order valence-electron chi connectivity index (χ2n) is 5.34. The Morgan fingerprint density at radius 2 is 2.05 bits per heavy atom. The lowest BCUT2D eigenvalue weighted by molar-refractivity contribution is 0.556. The zero-order valence-electron chi connectivity index (χ0n) is 11.9. The highest BCUT2D eigenvalue weighted by Crippen LogP contribution is 2.46. The topological polar surface area (TPSA) is 41.9 Å². The van der Waals surface area contributed by atoms with Crippen molar-refractivity contribution in [3.8, 4) is 0 Å². The molecule has 1 aliphatic carbocycles. The van der Waals surface area contributed by atoms with Crippen LogP contribution in [0.15, 0.2) is 6.20 Å². The number of halogens is 4. The average molecular weight is 347 g/mol. The van der Waals surface area contributed by atoms with E-state index in [1.165, 1.54) is 19.0 Å². The van der Waals surface area contributed by atoms with Gasteiger partial charge in [0.05, 0.1) is 12.6 Å². The summed E-state index contributed by atoms with van der Waals surface area (Å²) in [6.07, 6.45) is 5.08. The highest BCUT2D eigenvalue weighted by atomic mass is 35.5. The van der Waals surface area contributed by atoms with Crippen LogP contribution in [0.2, 0.25) is 10.4 Å². The van der Waals surface area contributed by atoms with Crippen molar-refractivity contribution in [2.45, 2.75) is 25.3 Å². The second kappa shape index (κ2) is 6.08. The number of aromatic nitrogens is 3. The van der Waals surface area contributed by atoms with Crippen molar-refractivity contribution in [3.05, 3.63) is 22.5 Å². The number of hydrogen-bond donors (Lipinski definition) is 0. The Balaban J connectivity index is 0.000000693. The minimum Gasteiger partial charge on any atom is -0.353 e. The van der Waals surface area contributed by atoms with E-state index in [-0.39, 0.29) is 16.0 Å². The molecule has 4 rings (SSSR count). The lowest BCUT2D eigenvalue weighted by Crippen LogP contribution is -2.32. The van der Waals surface area contributed by atoms with Crippen LogP contribution in [0.5, 0.6) is 0 Å². The SMILES string of the molecule is CF.Fc1c(Cl)ncc2c(N3CCCC4CC43)nc(Cl)nc12. The minimum absolute atomic E-state index is 0.0384. The Bertz CT molecular complexity index is 713. The summed E-state index contributed by atoms with van der Waals surface area (Å²) in [7, 11) is 0.500. The highest BCUT2D eigenvalue weighted by molar-refractivity contribution is 6.30. The third kappa shape index (κ3) is 2.58. The van der Waals surface area contributed by atoms with E-state index in [4.69, 9.17) is 23.2 Å². The molecule has 2 aromatic rings. The van der Waals surface area contributed by atoms with Crippen LogP contribution in [-0.2, 0) is 0 Å². The lowest BCUT2D eigenvalue weighted by Gasteiger charge is -2.28. The molecule has 0 spiro atoms. The van der Waals surface area contributed by atoms with Crippen LogP contribution in [0.4, 0.5) is 14.6 Å². The predicted molar refractivity (Wildman–Crippen MR) is 82.8 cm³/mol. The molecule has 2 atom stereocenters. The van der Waals surface area contributed by atoms with Gasteiger partial charge in [0.25, 0.3) is 0 Å². The Morgan fingerprint density at radius 3 is 2.82 bits per heavy atom. The molecule has 3 heterocycles. The Labute approximate surface area is 136 Å². The van der Waals surface area contributed by atoms with Crippen molar-refractivity contribution in [3.63, 3.8) is 0 Å². The second-order valence-corrected chi connectivity index (χ2v) is 6.04. The van der Waals surface area contributed by atoms with E-state index >= 15 is 0 Å². The van der Waals surface area contributed by atoms with Crippen molar-refractivity contribution in [1.82, 2.24) is 15.0 Å². The van der Waals surface area contributed by atoms with E-state index in [2.05, 4.69) is 19.9 Å². The van der Waals surface area contributed by atoms with Gasteiger partial charge in [-0.15, -0.1) is 0 Å². The van der Waals surface area contributed by atoms with Gasteiger partial charge in [0.1, 0.15) is 11.3 Å². The third-order valence-electron chi connectivity index (χ3n) is 4.13. The van der Waals surface area contributed by atoms with Crippen molar-refractivity contribution < 1.29 is 8.78 Å². The number of anilines is 1. The monoisotopic (exact) mass is 346 g/mol. The molecule has 0 aromatic carbocycles. The fraction of sp³-hybridized carbons (Fsp3) is 0.500. The van der Waals surface area contributed by atoms with E-state index in [0.29, 0.717) is 24.4 Å². The number of fused-ring (bicyclic) bond motifs is 2. The Hall–Kier alpha value is -1.27. The zero-order chi connectivity index (χ0) is 15.9.